The Labute approximate surface area is 156 Å². The second-order valence-electron chi connectivity index (χ2n) is 6.15. The summed E-state index contributed by atoms with van der Waals surface area (Å²) in [5, 5.41) is 20.3. The molecule has 7 nitrogen and oxygen atoms in total. The van der Waals surface area contributed by atoms with Gasteiger partial charge >= 0.3 is 11.9 Å². The van der Waals surface area contributed by atoms with E-state index in [-0.39, 0.29) is 0 Å². The van der Waals surface area contributed by atoms with Crippen molar-refractivity contribution in [3.05, 3.63) is 60.7 Å². The van der Waals surface area contributed by atoms with Crippen LogP contribution in [-0.2, 0) is 14.3 Å². The van der Waals surface area contributed by atoms with E-state index in [1.54, 1.807) is 60.7 Å². The van der Waals surface area contributed by atoms with Crippen LogP contribution in [0.3, 0.4) is 0 Å². The molecule has 2 N–H and O–H groups in total. The van der Waals surface area contributed by atoms with Crippen LogP contribution in [0.2, 0.25) is 0 Å². The highest BCUT2D eigenvalue weighted by molar-refractivity contribution is 5.78. The lowest BCUT2D eigenvalue weighted by Gasteiger charge is -2.20. The average molecular weight is 372 g/mol. The molecule has 0 amide bonds. The molecule has 142 valence electrons. The van der Waals surface area contributed by atoms with Crippen LogP contribution in [0.25, 0.3) is 0 Å². The molecule has 3 rings (SSSR count). The molecule has 0 radical (unpaired) electrons. The third-order valence-electron chi connectivity index (χ3n) is 4.20. The summed E-state index contributed by atoms with van der Waals surface area (Å²) in [6.45, 7) is 0. The van der Waals surface area contributed by atoms with E-state index in [2.05, 4.69) is 0 Å². The minimum absolute atomic E-state index is 0.297. The molecule has 1 saturated heterocycles. The minimum atomic E-state index is -1.52. The number of hydrogen-bond acceptors (Lipinski definition) is 7. The van der Waals surface area contributed by atoms with Gasteiger partial charge in [-0.05, 0) is 37.1 Å². The quantitative estimate of drug-likeness (QED) is 0.585. The molecule has 0 unspecified atom stereocenters. The molecule has 1 aliphatic rings. The number of esters is 2. The van der Waals surface area contributed by atoms with Gasteiger partial charge in [-0.15, -0.1) is 0 Å². The van der Waals surface area contributed by atoms with E-state index in [1.165, 1.54) is 0 Å². The van der Waals surface area contributed by atoms with Crippen molar-refractivity contribution in [1.82, 2.24) is 0 Å². The van der Waals surface area contributed by atoms with E-state index >= 15 is 0 Å². The second kappa shape index (κ2) is 8.77. The zero-order valence-corrected chi connectivity index (χ0v) is 14.4. The van der Waals surface area contributed by atoms with Crippen molar-refractivity contribution in [2.75, 3.05) is 0 Å². The van der Waals surface area contributed by atoms with Crippen molar-refractivity contribution in [3.8, 4) is 11.5 Å². The van der Waals surface area contributed by atoms with Gasteiger partial charge in [-0.2, -0.15) is 0 Å². The lowest BCUT2D eigenvalue weighted by Crippen LogP contribution is -2.41. The molecule has 2 aromatic rings. The van der Waals surface area contributed by atoms with Gasteiger partial charge in [0.2, 0.25) is 0 Å². The minimum Gasteiger partial charge on any atom is -0.425 e. The Morgan fingerprint density at radius 1 is 0.778 bits per heavy atom. The molecule has 0 aromatic heterocycles. The maximum absolute atomic E-state index is 12.0. The zero-order chi connectivity index (χ0) is 19.2. The first-order chi connectivity index (χ1) is 13.0. The summed E-state index contributed by atoms with van der Waals surface area (Å²) >= 11 is 0. The van der Waals surface area contributed by atoms with Crippen molar-refractivity contribution in [2.45, 2.75) is 37.3 Å². The second-order valence-corrected chi connectivity index (χ2v) is 6.15. The number of aliphatic hydroxyl groups excluding tert-OH is 2. The monoisotopic (exact) mass is 372 g/mol. The van der Waals surface area contributed by atoms with Crippen LogP contribution in [0.5, 0.6) is 11.5 Å². The number of para-hydroxylation sites is 2. The Morgan fingerprint density at radius 2 is 1.15 bits per heavy atom. The van der Waals surface area contributed by atoms with Crippen molar-refractivity contribution in [2.24, 2.45) is 0 Å². The normalized spacial score (nSPS) is 21.3. The molecular weight excluding hydrogens is 352 g/mol. The summed E-state index contributed by atoms with van der Waals surface area (Å²) in [5.41, 5.74) is 0. The fourth-order valence-electron chi connectivity index (χ4n) is 2.79. The summed E-state index contributed by atoms with van der Waals surface area (Å²) in [4.78, 5) is 24.1. The van der Waals surface area contributed by atoms with Crippen LogP contribution >= 0.6 is 0 Å². The number of ether oxygens (including phenoxy) is 3. The van der Waals surface area contributed by atoms with E-state index in [0.29, 0.717) is 24.3 Å². The van der Waals surface area contributed by atoms with E-state index in [4.69, 9.17) is 14.2 Å². The number of carbonyl (C=O) groups is 2. The smallest absolute Gasteiger partial charge is 0.343 e. The van der Waals surface area contributed by atoms with E-state index in [0.717, 1.165) is 0 Å². The number of hydrogen-bond donors (Lipinski definition) is 2. The van der Waals surface area contributed by atoms with Gasteiger partial charge in [-0.1, -0.05) is 36.4 Å². The van der Waals surface area contributed by atoms with Gasteiger partial charge < -0.3 is 24.4 Å². The van der Waals surface area contributed by atoms with Crippen LogP contribution in [-0.4, -0.2) is 46.6 Å². The summed E-state index contributed by atoms with van der Waals surface area (Å²) in [6.07, 6.45) is -4.19. The molecule has 1 heterocycles. The Balaban J connectivity index is 1.52. The Bertz CT molecular complexity index is 697. The molecule has 1 fully saturated rings. The van der Waals surface area contributed by atoms with Gasteiger partial charge in [0.05, 0.1) is 12.2 Å². The molecule has 0 bridgehead atoms. The Hall–Kier alpha value is -2.74. The highest BCUT2D eigenvalue weighted by atomic mass is 16.6. The van der Waals surface area contributed by atoms with Crippen LogP contribution in [0.15, 0.2) is 60.7 Å². The third-order valence-corrected chi connectivity index (χ3v) is 4.20. The molecule has 7 heteroatoms. The zero-order valence-electron chi connectivity index (χ0n) is 14.4. The SMILES string of the molecule is O=C(Oc1ccccc1)[C@@H](O)[C@H]1CC[C@@H]([C@@H](O)C(=O)Oc2ccccc2)O1. The topological polar surface area (TPSA) is 102 Å². The first kappa shape index (κ1) is 19.0. The molecule has 27 heavy (non-hydrogen) atoms. The number of aliphatic hydroxyl groups is 2. The van der Waals surface area contributed by atoms with Crippen molar-refractivity contribution in [1.29, 1.82) is 0 Å². The van der Waals surface area contributed by atoms with Crippen LogP contribution in [0.4, 0.5) is 0 Å². The van der Waals surface area contributed by atoms with Crippen molar-refractivity contribution >= 4 is 11.9 Å². The van der Waals surface area contributed by atoms with Gasteiger partial charge in [0.25, 0.3) is 0 Å². The van der Waals surface area contributed by atoms with Crippen LogP contribution in [0, 0.1) is 0 Å². The van der Waals surface area contributed by atoms with Crippen LogP contribution < -0.4 is 9.47 Å². The predicted octanol–water partition coefficient (Wildman–Crippen LogP) is 1.47. The molecule has 1 aliphatic heterocycles. The van der Waals surface area contributed by atoms with E-state index in [1.807, 2.05) is 0 Å². The molecule has 4 atom stereocenters. The summed E-state index contributed by atoms with van der Waals surface area (Å²) in [5.74, 6) is -1.09. The Morgan fingerprint density at radius 3 is 1.52 bits per heavy atom. The fraction of sp³-hybridized carbons (Fsp3) is 0.300. The standard InChI is InChI=1S/C20H20O7/c21-17(19(23)25-13-7-3-1-4-8-13)15-11-12-16(27-15)18(22)20(24)26-14-9-5-2-6-10-14/h1-10,15-18,21-22H,11-12H2/t15-,16+,17+,18-. The van der Waals surface area contributed by atoms with E-state index < -0.39 is 36.4 Å². The average Bonchev–Trinajstić information content (AvgIpc) is 3.18. The third kappa shape index (κ3) is 4.91. The summed E-state index contributed by atoms with van der Waals surface area (Å²) in [7, 11) is 0. The molecule has 2 aromatic carbocycles. The highest BCUT2D eigenvalue weighted by Gasteiger charge is 2.41. The van der Waals surface area contributed by atoms with Gasteiger partial charge in [0.15, 0.2) is 12.2 Å². The van der Waals surface area contributed by atoms with Gasteiger partial charge in [-0.25, -0.2) is 9.59 Å². The summed E-state index contributed by atoms with van der Waals surface area (Å²) in [6, 6.07) is 16.7. The first-order valence-electron chi connectivity index (χ1n) is 8.59. The fourth-order valence-corrected chi connectivity index (χ4v) is 2.79. The maximum atomic E-state index is 12.0. The van der Waals surface area contributed by atoms with E-state index in [9.17, 15) is 19.8 Å². The maximum Gasteiger partial charge on any atom is 0.343 e. The Kier molecular flexibility index (Phi) is 6.18. The first-order valence-corrected chi connectivity index (χ1v) is 8.59. The van der Waals surface area contributed by atoms with Gasteiger partial charge in [0, 0.05) is 0 Å². The number of rotatable bonds is 6. The molecular formula is C20H20O7. The summed E-state index contributed by atoms with van der Waals surface area (Å²) < 4.78 is 15.7. The van der Waals surface area contributed by atoms with Crippen molar-refractivity contribution < 1.29 is 34.0 Å². The van der Waals surface area contributed by atoms with Crippen molar-refractivity contribution in [3.63, 3.8) is 0 Å². The number of carbonyl (C=O) groups excluding carboxylic acids is 2. The number of benzene rings is 2. The lowest BCUT2D eigenvalue weighted by atomic mass is 10.1. The van der Waals surface area contributed by atoms with Gasteiger partial charge in [0.1, 0.15) is 11.5 Å². The molecule has 0 spiro atoms. The largest absolute Gasteiger partial charge is 0.425 e. The molecule has 0 aliphatic carbocycles. The van der Waals surface area contributed by atoms with Gasteiger partial charge in [-0.3, -0.25) is 0 Å². The predicted molar refractivity (Wildman–Crippen MR) is 94.1 cm³/mol. The lowest BCUT2D eigenvalue weighted by molar-refractivity contribution is -0.160. The highest BCUT2D eigenvalue weighted by Crippen LogP contribution is 2.26. The van der Waals surface area contributed by atoms with Crippen LogP contribution in [0.1, 0.15) is 12.8 Å². The molecule has 0 saturated carbocycles.